The van der Waals surface area contributed by atoms with Gasteiger partial charge in [-0.25, -0.2) is 0 Å². The minimum absolute atomic E-state index is 0.543. The molecule has 0 spiro atoms. The van der Waals surface area contributed by atoms with Crippen LogP contribution in [0.3, 0.4) is 0 Å². The summed E-state index contributed by atoms with van der Waals surface area (Å²) in [5.74, 6) is 0.831. The lowest BCUT2D eigenvalue weighted by Crippen LogP contribution is -2.39. The fraction of sp³-hybridized carbons (Fsp3) is 0.667. The van der Waals surface area contributed by atoms with Crippen LogP contribution in [0.15, 0.2) is 18.2 Å². The van der Waals surface area contributed by atoms with Crippen LogP contribution in [0.5, 0.6) is 5.75 Å². The molecule has 3 nitrogen and oxygen atoms in total. The van der Waals surface area contributed by atoms with Crippen LogP contribution in [-0.4, -0.2) is 19.7 Å². The van der Waals surface area contributed by atoms with Crippen molar-refractivity contribution >= 4 is 11.4 Å². The average Bonchev–Trinajstić information content (AvgIpc) is 2.54. The van der Waals surface area contributed by atoms with Crippen molar-refractivity contribution in [1.82, 2.24) is 0 Å². The molecule has 1 aliphatic heterocycles. The van der Waals surface area contributed by atoms with E-state index in [2.05, 4.69) is 37.8 Å². The van der Waals surface area contributed by atoms with E-state index in [0.29, 0.717) is 5.41 Å². The molecule has 0 bridgehead atoms. The topological polar surface area (TPSA) is 38.5 Å². The van der Waals surface area contributed by atoms with Gasteiger partial charge in [-0.3, -0.25) is 0 Å². The summed E-state index contributed by atoms with van der Waals surface area (Å²) in [7, 11) is 0. The summed E-state index contributed by atoms with van der Waals surface area (Å²) >= 11 is 0. The van der Waals surface area contributed by atoms with Gasteiger partial charge in [0.25, 0.3) is 0 Å². The van der Waals surface area contributed by atoms with E-state index in [4.69, 9.17) is 10.5 Å². The first-order chi connectivity index (χ1) is 10.2. The van der Waals surface area contributed by atoms with E-state index in [1.54, 1.807) is 0 Å². The molecule has 2 N–H and O–H groups in total. The molecule has 0 aliphatic carbocycles. The Kier molecular flexibility index (Phi) is 5.38. The van der Waals surface area contributed by atoms with E-state index in [1.165, 1.54) is 25.7 Å². The van der Waals surface area contributed by atoms with E-state index in [9.17, 15) is 0 Å². The molecule has 0 radical (unpaired) electrons. The van der Waals surface area contributed by atoms with Gasteiger partial charge in [-0.05, 0) is 36.8 Å². The summed E-state index contributed by atoms with van der Waals surface area (Å²) in [6.07, 6.45) is 6.10. The molecular formula is C18H30N2O. The highest BCUT2D eigenvalue weighted by Gasteiger charge is 2.31. The van der Waals surface area contributed by atoms with Crippen LogP contribution in [0.2, 0.25) is 0 Å². The monoisotopic (exact) mass is 290 g/mol. The Bertz CT molecular complexity index is 445. The Hall–Kier alpha value is -1.38. The number of nitrogens with two attached hydrogens (primary N) is 1. The zero-order valence-corrected chi connectivity index (χ0v) is 13.8. The van der Waals surface area contributed by atoms with Gasteiger partial charge < -0.3 is 15.4 Å². The van der Waals surface area contributed by atoms with Gasteiger partial charge >= 0.3 is 0 Å². The highest BCUT2D eigenvalue weighted by molar-refractivity contribution is 5.74. The Morgan fingerprint density at radius 1 is 1.14 bits per heavy atom. The van der Waals surface area contributed by atoms with Crippen molar-refractivity contribution < 1.29 is 4.74 Å². The molecule has 1 aromatic carbocycles. The maximum atomic E-state index is 6.32. The average molecular weight is 290 g/mol. The van der Waals surface area contributed by atoms with Crippen molar-refractivity contribution in [2.75, 3.05) is 30.3 Å². The van der Waals surface area contributed by atoms with Crippen LogP contribution >= 0.6 is 0 Å². The van der Waals surface area contributed by atoms with Crippen molar-refractivity contribution in [1.29, 1.82) is 0 Å². The quantitative estimate of drug-likeness (QED) is 0.786. The lowest BCUT2D eigenvalue weighted by atomic mass is 9.74. The fourth-order valence-electron chi connectivity index (χ4n) is 3.33. The molecule has 0 saturated carbocycles. The molecule has 1 aromatic rings. The predicted molar refractivity (Wildman–Crippen MR) is 91.1 cm³/mol. The van der Waals surface area contributed by atoms with Crippen LogP contribution < -0.4 is 15.4 Å². The molecule has 1 saturated heterocycles. The Morgan fingerprint density at radius 3 is 2.38 bits per heavy atom. The van der Waals surface area contributed by atoms with Gasteiger partial charge in [0.2, 0.25) is 0 Å². The molecule has 2 rings (SSSR count). The van der Waals surface area contributed by atoms with Crippen molar-refractivity contribution in [3.05, 3.63) is 18.2 Å². The molecule has 3 heteroatoms. The first kappa shape index (κ1) is 16.0. The molecule has 1 fully saturated rings. The number of piperidine rings is 1. The minimum atomic E-state index is 0.543. The van der Waals surface area contributed by atoms with Crippen LogP contribution in [0.1, 0.15) is 52.9 Å². The van der Waals surface area contributed by atoms with Crippen molar-refractivity contribution in [3.8, 4) is 5.75 Å². The molecule has 0 atom stereocenters. The SMILES string of the molecule is CCCOc1cccc(N2CCC(CC)(CC)CC2)c1N. The van der Waals surface area contributed by atoms with Crippen molar-refractivity contribution in [2.24, 2.45) is 5.41 Å². The number of hydrogen-bond acceptors (Lipinski definition) is 3. The van der Waals surface area contributed by atoms with Crippen molar-refractivity contribution in [3.63, 3.8) is 0 Å². The molecule has 0 unspecified atom stereocenters. The Morgan fingerprint density at radius 2 is 1.81 bits per heavy atom. The van der Waals surface area contributed by atoms with E-state index in [1.807, 2.05) is 6.07 Å². The van der Waals surface area contributed by atoms with Gasteiger partial charge in [-0.1, -0.05) is 39.7 Å². The number of para-hydroxylation sites is 1. The number of ether oxygens (including phenoxy) is 1. The lowest BCUT2D eigenvalue weighted by Gasteiger charge is -2.42. The fourth-order valence-corrected chi connectivity index (χ4v) is 3.33. The van der Waals surface area contributed by atoms with E-state index >= 15 is 0 Å². The van der Waals surface area contributed by atoms with E-state index in [0.717, 1.165) is 43.2 Å². The van der Waals surface area contributed by atoms with E-state index in [-0.39, 0.29) is 0 Å². The molecule has 118 valence electrons. The zero-order chi connectivity index (χ0) is 15.3. The Labute approximate surface area is 129 Å². The van der Waals surface area contributed by atoms with Crippen LogP contribution in [0, 0.1) is 5.41 Å². The summed E-state index contributed by atoms with van der Waals surface area (Å²) in [5, 5.41) is 0. The third-order valence-corrected chi connectivity index (χ3v) is 5.17. The van der Waals surface area contributed by atoms with Gasteiger partial charge in [0, 0.05) is 13.1 Å². The second kappa shape index (κ2) is 7.06. The summed E-state index contributed by atoms with van der Waals surface area (Å²) in [4.78, 5) is 2.43. The standard InChI is InChI=1S/C18H30N2O/c1-4-14-21-16-9-7-8-15(17(16)19)20-12-10-18(5-2,6-3)11-13-20/h7-9H,4-6,10-14,19H2,1-3H3. The lowest BCUT2D eigenvalue weighted by molar-refractivity contribution is 0.199. The number of nitrogens with zero attached hydrogens (tertiary/aromatic N) is 1. The first-order valence-electron chi connectivity index (χ1n) is 8.42. The molecule has 1 heterocycles. The molecule has 0 amide bonds. The summed E-state index contributed by atoms with van der Waals surface area (Å²) in [6.45, 7) is 9.69. The molecular weight excluding hydrogens is 260 g/mol. The maximum absolute atomic E-state index is 6.32. The number of anilines is 2. The van der Waals surface area contributed by atoms with Gasteiger partial charge in [-0.15, -0.1) is 0 Å². The first-order valence-corrected chi connectivity index (χ1v) is 8.42. The van der Waals surface area contributed by atoms with Crippen LogP contribution in [0.25, 0.3) is 0 Å². The normalized spacial score (nSPS) is 17.8. The van der Waals surface area contributed by atoms with Crippen LogP contribution in [0.4, 0.5) is 11.4 Å². The minimum Gasteiger partial charge on any atom is -0.491 e. The smallest absolute Gasteiger partial charge is 0.144 e. The third kappa shape index (κ3) is 3.45. The van der Waals surface area contributed by atoms with Gasteiger partial charge in [0.15, 0.2) is 0 Å². The summed E-state index contributed by atoms with van der Waals surface area (Å²) in [5.41, 5.74) is 8.80. The maximum Gasteiger partial charge on any atom is 0.144 e. The highest BCUT2D eigenvalue weighted by Crippen LogP contribution is 2.41. The number of benzene rings is 1. The predicted octanol–water partition coefficient (Wildman–Crippen LogP) is 4.46. The van der Waals surface area contributed by atoms with Gasteiger partial charge in [0.1, 0.15) is 5.75 Å². The van der Waals surface area contributed by atoms with Gasteiger partial charge in [-0.2, -0.15) is 0 Å². The van der Waals surface area contributed by atoms with E-state index < -0.39 is 0 Å². The van der Waals surface area contributed by atoms with Gasteiger partial charge in [0.05, 0.1) is 18.0 Å². The number of rotatable bonds is 6. The molecule has 1 aliphatic rings. The number of nitrogen functional groups attached to an aromatic ring is 1. The van der Waals surface area contributed by atoms with Crippen LogP contribution in [-0.2, 0) is 0 Å². The molecule has 0 aromatic heterocycles. The Balaban J connectivity index is 2.10. The van der Waals surface area contributed by atoms with Crippen molar-refractivity contribution in [2.45, 2.75) is 52.9 Å². The highest BCUT2D eigenvalue weighted by atomic mass is 16.5. The third-order valence-electron chi connectivity index (χ3n) is 5.17. The largest absolute Gasteiger partial charge is 0.491 e. The second-order valence-electron chi connectivity index (χ2n) is 6.23. The molecule has 21 heavy (non-hydrogen) atoms. The zero-order valence-electron chi connectivity index (χ0n) is 13.8. The summed E-state index contributed by atoms with van der Waals surface area (Å²) in [6, 6.07) is 6.15. The second-order valence-corrected chi connectivity index (χ2v) is 6.23. The number of hydrogen-bond donors (Lipinski definition) is 1. The summed E-state index contributed by atoms with van der Waals surface area (Å²) < 4.78 is 5.75.